The van der Waals surface area contributed by atoms with Gasteiger partial charge in [-0.3, -0.25) is 0 Å². The summed E-state index contributed by atoms with van der Waals surface area (Å²) in [5, 5.41) is 3.52. The molecule has 1 aliphatic heterocycles. The van der Waals surface area contributed by atoms with Crippen molar-refractivity contribution in [2.45, 2.75) is 44.7 Å². The summed E-state index contributed by atoms with van der Waals surface area (Å²) in [4.78, 5) is 2.58. The molecule has 76 valence electrons. The molecule has 1 saturated carbocycles. The second-order valence-electron chi connectivity index (χ2n) is 4.82. The summed E-state index contributed by atoms with van der Waals surface area (Å²) < 4.78 is 0. The molecule has 13 heavy (non-hydrogen) atoms. The molecule has 0 bridgehead atoms. The highest BCUT2D eigenvalue weighted by Gasteiger charge is 2.28. The van der Waals surface area contributed by atoms with Gasteiger partial charge in [0.15, 0.2) is 0 Å². The van der Waals surface area contributed by atoms with E-state index in [1.165, 1.54) is 38.8 Å². The summed E-state index contributed by atoms with van der Waals surface area (Å²) in [6, 6.07) is 1.65. The van der Waals surface area contributed by atoms with Crippen LogP contribution < -0.4 is 5.32 Å². The Hall–Kier alpha value is -0.0800. The van der Waals surface area contributed by atoms with Gasteiger partial charge in [-0.05, 0) is 45.7 Å². The van der Waals surface area contributed by atoms with Crippen LogP contribution in [0, 0.1) is 5.92 Å². The largest absolute Gasteiger partial charge is 0.314 e. The third-order valence-corrected chi connectivity index (χ3v) is 3.91. The van der Waals surface area contributed by atoms with E-state index in [0.717, 1.165) is 18.0 Å². The lowest BCUT2D eigenvalue weighted by Gasteiger charge is -2.36. The summed E-state index contributed by atoms with van der Waals surface area (Å²) >= 11 is 0. The third kappa shape index (κ3) is 2.05. The zero-order chi connectivity index (χ0) is 9.26. The second-order valence-corrected chi connectivity index (χ2v) is 4.82. The minimum absolute atomic E-state index is 0.738. The average Bonchev–Trinajstić information content (AvgIpc) is 2.32. The Morgan fingerprint density at radius 2 is 2.08 bits per heavy atom. The van der Waals surface area contributed by atoms with Gasteiger partial charge in [0.05, 0.1) is 0 Å². The van der Waals surface area contributed by atoms with E-state index >= 15 is 0 Å². The van der Waals surface area contributed by atoms with Crippen molar-refractivity contribution in [2.75, 3.05) is 20.1 Å². The molecule has 0 aromatic carbocycles. The van der Waals surface area contributed by atoms with Crippen molar-refractivity contribution in [3.05, 3.63) is 0 Å². The molecule has 0 aromatic heterocycles. The standard InChI is InChI=1S/C11H22N2/c1-9-10(6-7-12-9)8-13(2)11-4-3-5-11/h9-12H,3-8H2,1-2H3. The van der Waals surface area contributed by atoms with E-state index in [1.807, 2.05) is 0 Å². The fourth-order valence-corrected chi connectivity index (χ4v) is 2.51. The van der Waals surface area contributed by atoms with Crippen LogP contribution in [-0.4, -0.2) is 37.1 Å². The van der Waals surface area contributed by atoms with Gasteiger partial charge in [-0.25, -0.2) is 0 Å². The quantitative estimate of drug-likeness (QED) is 0.711. The van der Waals surface area contributed by atoms with Gasteiger partial charge in [0.25, 0.3) is 0 Å². The number of nitrogens with one attached hydrogen (secondary N) is 1. The molecule has 2 aliphatic rings. The van der Waals surface area contributed by atoms with Gasteiger partial charge >= 0.3 is 0 Å². The summed E-state index contributed by atoms with van der Waals surface area (Å²) in [6.45, 7) is 4.86. The molecule has 1 heterocycles. The molecule has 2 heteroatoms. The van der Waals surface area contributed by atoms with Gasteiger partial charge in [0.1, 0.15) is 0 Å². The molecule has 1 aliphatic carbocycles. The topological polar surface area (TPSA) is 15.3 Å². The van der Waals surface area contributed by atoms with Crippen molar-refractivity contribution in [1.29, 1.82) is 0 Å². The lowest BCUT2D eigenvalue weighted by molar-refractivity contribution is 0.135. The highest BCUT2D eigenvalue weighted by Crippen LogP contribution is 2.26. The van der Waals surface area contributed by atoms with Gasteiger partial charge < -0.3 is 10.2 Å². The third-order valence-electron chi connectivity index (χ3n) is 3.91. The van der Waals surface area contributed by atoms with Gasteiger partial charge in [-0.2, -0.15) is 0 Å². The van der Waals surface area contributed by atoms with E-state index in [9.17, 15) is 0 Å². The minimum Gasteiger partial charge on any atom is -0.314 e. The van der Waals surface area contributed by atoms with E-state index in [1.54, 1.807) is 0 Å². The number of hydrogen-bond acceptors (Lipinski definition) is 2. The number of nitrogens with zero attached hydrogens (tertiary/aromatic N) is 1. The molecule has 1 N–H and O–H groups in total. The fourth-order valence-electron chi connectivity index (χ4n) is 2.51. The van der Waals surface area contributed by atoms with E-state index in [2.05, 4.69) is 24.2 Å². The monoisotopic (exact) mass is 182 g/mol. The smallest absolute Gasteiger partial charge is 0.00923 e. The van der Waals surface area contributed by atoms with Crippen molar-refractivity contribution in [1.82, 2.24) is 10.2 Å². The number of rotatable bonds is 3. The number of hydrogen-bond donors (Lipinski definition) is 1. The summed E-state index contributed by atoms with van der Waals surface area (Å²) in [5.74, 6) is 0.894. The maximum absolute atomic E-state index is 3.52. The predicted octanol–water partition coefficient (Wildman–Crippen LogP) is 1.47. The minimum atomic E-state index is 0.738. The Bertz CT molecular complexity index is 165. The van der Waals surface area contributed by atoms with Crippen LogP contribution in [0.25, 0.3) is 0 Å². The highest BCUT2D eigenvalue weighted by atomic mass is 15.1. The van der Waals surface area contributed by atoms with E-state index in [-0.39, 0.29) is 0 Å². The van der Waals surface area contributed by atoms with E-state index in [4.69, 9.17) is 0 Å². The molecule has 2 nitrogen and oxygen atoms in total. The highest BCUT2D eigenvalue weighted by molar-refractivity contribution is 4.85. The van der Waals surface area contributed by atoms with Crippen LogP contribution in [0.1, 0.15) is 32.6 Å². The molecule has 0 radical (unpaired) electrons. The Kier molecular flexibility index (Phi) is 2.89. The first-order chi connectivity index (χ1) is 6.27. The Labute approximate surface area is 81.7 Å². The lowest BCUT2D eigenvalue weighted by Crippen LogP contribution is -2.41. The Morgan fingerprint density at radius 3 is 2.54 bits per heavy atom. The molecular weight excluding hydrogens is 160 g/mol. The second kappa shape index (κ2) is 3.97. The Balaban J connectivity index is 1.75. The van der Waals surface area contributed by atoms with Crippen LogP contribution in [0.3, 0.4) is 0 Å². The van der Waals surface area contributed by atoms with Gasteiger partial charge in [-0.15, -0.1) is 0 Å². The zero-order valence-electron chi connectivity index (χ0n) is 8.92. The van der Waals surface area contributed by atoms with Crippen LogP contribution in [0.2, 0.25) is 0 Å². The zero-order valence-corrected chi connectivity index (χ0v) is 8.92. The molecule has 1 saturated heterocycles. The normalized spacial score (nSPS) is 35.3. The Morgan fingerprint density at radius 1 is 1.31 bits per heavy atom. The maximum atomic E-state index is 3.52. The van der Waals surface area contributed by atoms with Crippen molar-refractivity contribution >= 4 is 0 Å². The predicted molar refractivity (Wildman–Crippen MR) is 55.8 cm³/mol. The summed E-state index contributed by atoms with van der Waals surface area (Å²) in [6.07, 6.45) is 5.70. The van der Waals surface area contributed by atoms with Crippen LogP contribution in [0.5, 0.6) is 0 Å². The molecule has 2 unspecified atom stereocenters. The summed E-state index contributed by atoms with van der Waals surface area (Å²) in [7, 11) is 2.30. The van der Waals surface area contributed by atoms with Crippen LogP contribution in [0.15, 0.2) is 0 Å². The molecule has 2 atom stereocenters. The molecule has 2 fully saturated rings. The van der Waals surface area contributed by atoms with Gasteiger partial charge in [0, 0.05) is 18.6 Å². The first kappa shape index (κ1) is 9.47. The molecule has 0 aromatic rings. The molecule has 2 rings (SSSR count). The van der Waals surface area contributed by atoms with E-state index < -0.39 is 0 Å². The van der Waals surface area contributed by atoms with Crippen molar-refractivity contribution in [2.24, 2.45) is 5.92 Å². The average molecular weight is 182 g/mol. The molecule has 0 spiro atoms. The molecular formula is C11H22N2. The lowest BCUT2D eigenvalue weighted by atomic mass is 9.90. The summed E-state index contributed by atoms with van der Waals surface area (Å²) in [5.41, 5.74) is 0. The van der Waals surface area contributed by atoms with Crippen molar-refractivity contribution < 1.29 is 0 Å². The van der Waals surface area contributed by atoms with Crippen LogP contribution in [-0.2, 0) is 0 Å². The fraction of sp³-hybridized carbons (Fsp3) is 1.00. The van der Waals surface area contributed by atoms with Crippen LogP contribution in [0.4, 0.5) is 0 Å². The van der Waals surface area contributed by atoms with Crippen molar-refractivity contribution in [3.63, 3.8) is 0 Å². The first-order valence-corrected chi connectivity index (χ1v) is 5.71. The molecule has 0 amide bonds. The van der Waals surface area contributed by atoms with Crippen molar-refractivity contribution in [3.8, 4) is 0 Å². The van der Waals surface area contributed by atoms with Crippen LogP contribution >= 0.6 is 0 Å². The maximum Gasteiger partial charge on any atom is 0.00923 e. The van der Waals surface area contributed by atoms with Gasteiger partial charge in [0.2, 0.25) is 0 Å². The SMILES string of the molecule is CC1NCCC1CN(C)C1CCC1. The first-order valence-electron chi connectivity index (χ1n) is 5.71. The van der Waals surface area contributed by atoms with E-state index in [0.29, 0.717) is 0 Å². The van der Waals surface area contributed by atoms with Gasteiger partial charge in [-0.1, -0.05) is 6.42 Å².